The van der Waals surface area contributed by atoms with Gasteiger partial charge in [0.15, 0.2) is 5.76 Å². The van der Waals surface area contributed by atoms with E-state index < -0.39 is 5.54 Å². The van der Waals surface area contributed by atoms with E-state index >= 15 is 0 Å². The minimum absolute atomic E-state index is 0. The fourth-order valence-corrected chi connectivity index (χ4v) is 2.95. The molecule has 1 aromatic carbocycles. The van der Waals surface area contributed by atoms with Crippen LogP contribution in [0.4, 0.5) is 11.4 Å². The zero-order valence-electron chi connectivity index (χ0n) is 14.0. The number of anilines is 2. The fourth-order valence-electron chi connectivity index (χ4n) is 2.95. The van der Waals surface area contributed by atoms with Crippen LogP contribution in [0, 0.1) is 0 Å². The van der Waals surface area contributed by atoms with Gasteiger partial charge in [0.2, 0.25) is 5.91 Å². The molecular formula is C18H22ClN3O3. The van der Waals surface area contributed by atoms with Crippen molar-refractivity contribution in [3.8, 4) is 0 Å². The van der Waals surface area contributed by atoms with Crippen LogP contribution in [0.15, 0.2) is 47.1 Å². The molecule has 2 aromatic rings. The molecule has 1 fully saturated rings. The van der Waals surface area contributed by atoms with Crippen LogP contribution in [0.3, 0.4) is 0 Å². The monoisotopic (exact) mass is 363 g/mol. The summed E-state index contributed by atoms with van der Waals surface area (Å²) in [7, 11) is 0. The molecule has 7 heteroatoms. The first-order valence-electron chi connectivity index (χ1n) is 8.14. The predicted molar refractivity (Wildman–Crippen MR) is 99.2 cm³/mol. The van der Waals surface area contributed by atoms with E-state index in [1.165, 1.54) is 6.26 Å². The maximum atomic E-state index is 12.5. The minimum Gasteiger partial charge on any atom is -0.459 e. The van der Waals surface area contributed by atoms with Gasteiger partial charge in [-0.25, -0.2) is 0 Å². The van der Waals surface area contributed by atoms with Crippen molar-refractivity contribution in [2.45, 2.75) is 31.7 Å². The fraction of sp³-hybridized carbons (Fsp3) is 0.333. The van der Waals surface area contributed by atoms with E-state index in [4.69, 9.17) is 4.42 Å². The highest BCUT2D eigenvalue weighted by Gasteiger charge is 2.38. The summed E-state index contributed by atoms with van der Waals surface area (Å²) in [6.07, 6.45) is 4.08. The smallest absolute Gasteiger partial charge is 0.291 e. The Morgan fingerprint density at radius 2 is 1.84 bits per heavy atom. The van der Waals surface area contributed by atoms with Crippen molar-refractivity contribution in [3.63, 3.8) is 0 Å². The highest BCUT2D eigenvalue weighted by Crippen LogP contribution is 2.25. The molecule has 0 spiro atoms. The number of halogens is 1. The molecule has 1 atom stereocenters. The second-order valence-corrected chi connectivity index (χ2v) is 5.93. The summed E-state index contributed by atoms with van der Waals surface area (Å²) in [5, 5.41) is 9.01. The molecule has 0 bridgehead atoms. The molecule has 1 unspecified atom stereocenters. The van der Waals surface area contributed by atoms with Crippen molar-refractivity contribution in [2.75, 3.05) is 17.2 Å². The van der Waals surface area contributed by atoms with Crippen LogP contribution in [-0.4, -0.2) is 23.9 Å². The number of rotatable bonds is 5. The third-order valence-corrected chi connectivity index (χ3v) is 4.43. The first kappa shape index (κ1) is 19.0. The summed E-state index contributed by atoms with van der Waals surface area (Å²) in [6.45, 7) is 2.89. The maximum Gasteiger partial charge on any atom is 0.291 e. The van der Waals surface area contributed by atoms with Crippen molar-refractivity contribution in [1.82, 2.24) is 5.32 Å². The lowest BCUT2D eigenvalue weighted by molar-refractivity contribution is -0.122. The number of hydrogen-bond donors (Lipinski definition) is 3. The molecule has 1 aliphatic rings. The van der Waals surface area contributed by atoms with Gasteiger partial charge in [0, 0.05) is 11.4 Å². The predicted octanol–water partition coefficient (Wildman–Crippen LogP) is 3.42. The molecular weight excluding hydrogens is 342 g/mol. The molecule has 6 nitrogen and oxygen atoms in total. The summed E-state index contributed by atoms with van der Waals surface area (Å²) in [5.74, 6) is -0.0590. The van der Waals surface area contributed by atoms with Crippen molar-refractivity contribution in [2.24, 2.45) is 0 Å². The van der Waals surface area contributed by atoms with Gasteiger partial charge in [-0.1, -0.05) is 6.92 Å². The van der Waals surface area contributed by atoms with Crippen molar-refractivity contribution in [1.29, 1.82) is 0 Å². The van der Waals surface area contributed by atoms with E-state index in [0.29, 0.717) is 11.4 Å². The van der Waals surface area contributed by atoms with Crippen molar-refractivity contribution in [3.05, 3.63) is 48.4 Å². The number of carbonyl (C=O) groups excluding carboxylic acids is 2. The third-order valence-electron chi connectivity index (χ3n) is 4.43. The van der Waals surface area contributed by atoms with E-state index in [2.05, 4.69) is 16.0 Å². The first-order valence-corrected chi connectivity index (χ1v) is 8.14. The quantitative estimate of drug-likeness (QED) is 0.760. The van der Waals surface area contributed by atoms with Gasteiger partial charge in [-0.2, -0.15) is 0 Å². The molecule has 3 N–H and O–H groups in total. The van der Waals surface area contributed by atoms with Crippen LogP contribution in [0.5, 0.6) is 0 Å². The number of benzene rings is 1. The Hall–Kier alpha value is -2.31. The Kier molecular flexibility index (Phi) is 6.22. The topological polar surface area (TPSA) is 83.4 Å². The summed E-state index contributed by atoms with van der Waals surface area (Å²) >= 11 is 0. The molecule has 1 aliphatic heterocycles. The highest BCUT2D eigenvalue weighted by molar-refractivity contribution is 6.02. The molecule has 1 aromatic heterocycles. The van der Waals surface area contributed by atoms with Gasteiger partial charge < -0.3 is 20.4 Å². The lowest BCUT2D eigenvalue weighted by Gasteiger charge is -2.26. The normalized spacial score (nSPS) is 19.1. The molecule has 0 radical (unpaired) electrons. The molecule has 1 saturated heterocycles. The van der Waals surface area contributed by atoms with Crippen LogP contribution in [0.25, 0.3) is 0 Å². The van der Waals surface area contributed by atoms with Crippen molar-refractivity contribution >= 4 is 35.6 Å². The SMILES string of the molecule is CCC1(C(=O)Nc2ccc(NC(=O)c3ccco3)cc2)CCCN1.Cl. The summed E-state index contributed by atoms with van der Waals surface area (Å²) in [6, 6.07) is 10.3. The molecule has 3 rings (SSSR count). The molecule has 134 valence electrons. The first-order chi connectivity index (χ1) is 11.6. The maximum absolute atomic E-state index is 12.5. The van der Waals surface area contributed by atoms with E-state index in [0.717, 1.165) is 25.8 Å². The van der Waals surface area contributed by atoms with Crippen LogP contribution < -0.4 is 16.0 Å². The Labute approximate surface area is 152 Å². The number of nitrogens with one attached hydrogen (secondary N) is 3. The van der Waals surface area contributed by atoms with E-state index in [-0.39, 0.29) is 30.0 Å². The van der Waals surface area contributed by atoms with E-state index in [1.807, 2.05) is 6.92 Å². The Bertz CT molecular complexity index is 708. The highest BCUT2D eigenvalue weighted by atomic mass is 35.5. The van der Waals surface area contributed by atoms with Gasteiger partial charge in [0.1, 0.15) is 0 Å². The minimum atomic E-state index is -0.466. The van der Waals surface area contributed by atoms with Gasteiger partial charge in [-0.05, 0) is 62.2 Å². The van der Waals surface area contributed by atoms with E-state index in [1.54, 1.807) is 36.4 Å². The number of carbonyl (C=O) groups is 2. The second kappa shape index (κ2) is 8.18. The van der Waals surface area contributed by atoms with Gasteiger partial charge in [-0.15, -0.1) is 12.4 Å². The average Bonchev–Trinajstić information content (AvgIpc) is 3.29. The molecule has 0 saturated carbocycles. The van der Waals surface area contributed by atoms with Gasteiger partial charge in [0.25, 0.3) is 5.91 Å². The number of amides is 2. The zero-order valence-corrected chi connectivity index (χ0v) is 14.8. The van der Waals surface area contributed by atoms with Gasteiger partial charge in [0.05, 0.1) is 11.8 Å². The van der Waals surface area contributed by atoms with Crippen LogP contribution in [0.1, 0.15) is 36.7 Å². The molecule has 0 aliphatic carbocycles. The summed E-state index contributed by atoms with van der Waals surface area (Å²) < 4.78 is 5.05. The zero-order chi connectivity index (χ0) is 17.0. The molecule has 2 heterocycles. The lowest BCUT2D eigenvalue weighted by Crippen LogP contribution is -2.50. The van der Waals surface area contributed by atoms with Gasteiger partial charge in [-0.3, -0.25) is 9.59 Å². The van der Waals surface area contributed by atoms with Crippen molar-refractivity contribution < 1.29 is 14.0 Å². The number of hydrogen-bond acceptors (Lipinski definition) is 4. The second-order valence-electron chi connectivity index (χ2n) is 5.93. The summed E-state index contributed by atoms with van der Waals surface area (Å²) in [5.41, 5.74) is 0.878. The Balaban J connectivity index is 0.00000225. The van der Waals surface area contributed by atoms with Crippen LogP contribution in [-0.2, 0) is 4.79 Å². The largest absolute Gasteiger partial charge is 0.459 e. The third kappa shape index (κ3) is 4.21. The Morgan fingerprint density at radius 3 is 2.36 bits per heavy atom. The van der Waals surface area contributed by atoms with Gasteiger partial charge >= 0.3 is 0 Å². The van der Waals surface area contributed by atoms with Crippen LogP contribution in [0.2, 0.25) is 0 Å². The van der Waals surface area contributed by atoms with E-state index in [9.17, 15) is 9.59 Å². The summed E-state index contributed by atoms with van der Waals surface area (Å²) in [4.78, 5) is 24.4. The Morgan fingerprint density at radius 1 is 1.16 bits per heavy atom. The molecule has 25 heavy (non-hydrogen) atoms. The standard InChI is InChI=1S/C18H21N3O3.ClH/c1-2-18(10-4-11-19-18)17(23)21-14-8-6-13(7-9-14)20-16(22)15-5-3-12-24-15;/h3,5-9,12,19H,2,4,10-11H2,1H3,(H,20,22)(H,21,23);1H. The molecule has 2 amide bonds. The lowest BCUT2D eigenvalue weighted by atomic mass is 9.93. The average molecular weight is 364 g/mol. The van der Waals surface area contributed by atoms with Crippen LogP contribution >= 0.6 is 12.4 Å². The number of furan rings is 1.